The molecular weight excluding hydrogens is 309 g/mol. The van der Waals surface area contributed by atoms with Gasteiger partial charge >= 0.3 is 0 Å². The van der Waals surface area contributed by atoms with Crippen molar-refractivity contribution < 1.29 is 4.39 Å². The lowest BCUT2D eigenvalue weighted by Gasteiger charge is -2.28. The van der Waals surface area contributed by atoms with E-state index in [1.807, 2.05) is 12.1 Å². The highest BCUT2D eigenvalue weighted by Gasteiger charge is 2.22. The van der Waals surface area contributed by atoms with E-state index in [-0.39, 0.29) is 5.82 Å². The Morgan fingerprint density at radius 1 is 0.760 bits per heavy atom. The Labute approximate surface area is 151 Å². The van der Waals surface area contributed by atoms with Crippen LogP contribution in [-0.2, 0) is 0 Å². The Bertz CT molecular complexity index is 621. The fraction of sp³-hybridized carbons (Fsp3) is 0.522. The molecule has 0 bridgehead atoms. The molecule has 132 valence electrons. The van der Waals surface area contributed by atoms with Gasteiger partial charge in [-0.2, -0.15) is 5.26 Å². The topological polar surface area (TPSA) is 23.8 Å². The third kappa shape index (κ3) is 5.30. The molecule has 0 aromatic heterocycles. The summed E-state index contributed by atoms with van der Waals surface area (Å²) in [5.41, 5.74) is 1.30. The van der Waals surface area contributed by atoms with Gasteiger partial charge in [0.1, 0.15) is 5.82 Å². The molecule has 25 heavy (non-hydrogen) atoms. The van der Waals surface area contributed by atoms with Crippen LogP contribution >= 0.6 is 0 Å². The van der Waals surface area contributed by atoms with Crippen molar-refractivity contribution in [2.75, 3.05) is 0 Å². The molecule has 2 aliphatic carbocycles. The molecule has 0 aliphatic heterocycles. The molecule has 2 saturated carbocycles. The van der Waals surface area contributed by atoms with Crippen molar-refractivity contribution >= 4 is 0 Å². The van der Waals surface area contributed by atoms with Crippen LogP contribution in [0.4, 0.5) is 4.39 Å². The van der Waals surface area contributed by atoms with E-state index in [0.29, 0.717) is 17.8 Å². The largest absolute Gasteiger partial charge is 0.207 e. The molecule has 2 fully saturated rings. The second-order valence-electron chi connectivity index (χ2n) is 7.71. The zero-order chi connectivity index (χ0) is 17.5. The fourth-order valence-electron chi connectivity index (χ4n) is 4.40. The van der Waals surface area contributed by atoms with E-state index in [1.165, 1.54) is 56.9 Å². The first kappa shape index (κ1) is 17.9. The molecule has 3 rings (SSSR count). The Balaban J connectivity index is 1.42. The number of hydrogen-bond donors (Lipinski definition) is 0. The van der Waals surface area contributed by atoms with Gasteiger partial charge in [0.2, 0.25) is 0 Å². The van der Waals surface area contributed by atoms with Crippen LogP contribution in [0.25, 0.3) is 0 Å². The predicted molar refractivity (Wildman–Crippen MR) is 100 cm³/mol. The molecule has 1 nitrogen and oxygen atoms in total. The van der Waals surface area contributed by atoms with Crippen molar-refractivity contribution in [3.63, 3.8) is 0 Å². The van der Waals surface area contributed by atoms with Gasteiger partial charge in [-0.25, -0.2) is 4.39 Å². The van der Waals surface area contributed by atoms with Crippen LogP contribution in [0.2, 0.25) is 0 Å². The van der Waals surface area contributed by atoms with Gasteiger partial charge in [0.25, 0.3) is 0 Å². The molecule has 0 N–H and O–H groups in total. The van der Waals surface area contributed by atoms with Crippen LogP contribution in [0.3, 0.4) is 0 Å². The predicted octanol–water partition coefficient (Wildman–Crippen LogP) is 6.54. The first-order chi connectivity index (χ1) is 12.2. The zero-order valence-corrected chi connectivity index (χ0v) is 14.9. The number of benzene rings is 1. The third-order valence-corrected chi connectivity index (χ3v) is 6.03. The first-order valence-electron chi connectivity index (χ1n) is 9.74. The molecular formula is C23H28FN. The molecule has 0 heterocycles. The minimum atomic E-state index is -0.141. The molecule has 0 unspecified atom stereocenters. The van der Waals surface area contributed by atoms with E-state index >= 15 is 0 Å². The van der Waals surface area contributed by atoms with Crippen molar-refractivity contribution in [3.05, 3.63) is 60.0 Å². The second kappa shape index (κ2) is 8.99. The lowest BCUT2D eigenvalue weighted by molar-refractivity contribution is 0.348. The standard InChI is InChI=1S/C23H28FN/c24-23-15-13-22(14-16-23)21-11-9-20(10-12-21)8-7-19-5-3-18(4-6-19)2-1-17-25/h1-2,7-8,13-16,18-21H,3-6,9-12H2/t18-,19-,20-,21-. The average molecular weight is 337 g/mol. The summed E-state index contributed by atoms with van der Waals surface area (Å²) in [5.74, 6) is 2.51. The minimum Gasteiger partial charge on any atom is -0.207 e. The Morgan fingerprint density at radius 3 is 1.76 bits per heavy atom. The maximum atomic E-state index is 13.1. The summed E-state index contributed by atoms with van der Waals surface area (Å²) in [7, 11) is 0. The van der Waals surface area contributed by atoms with Gasteiger partial charge in [-0.15, -0.1) is 0 Å². The van der Waals surface area contributed by atoms with Gasteiger partial charge in [0.05, 0.1) is 6.07 Å². The van der Waals surface area contributed by atoms with Crippen LogP contribution in [0, 0.1) is 34.9 Å². The lowest BCUT2D eigenvalue weighted by Crippen LogP contribution is -2.14. The van der Waals surface area contributed by atoms with E-state index in [0.717, 1.165) is 5.92 Å². The summed E-state index contributed by atoms with van der Waals surface area (Å²) in [5, 5.41) is 8.62. The molecule has 1 aromatic rings. The lowest BCUT2D eigenvalue weighted by atomic mass is 9.77. The average Bonchev–Trinajstić information content (AvgIpc) is 2.67. The van der Waals surface area contributed by atoms with E-state index in [4.69, 9.17) is 5.26 Å². The fourth-order valence-corrected chi connectivity index (χ4v) is 4.40. The normalized spacial score (nSPS) is 30.6. The molecule has 2 aliphatic rings. The molecule has 0 radical (unpaired) electrons. The van der Waals surface area contributed by atoms with Crippen molar-refractivity contribution in [3.8, 4) is 6.07 Å². The van der Waals surface area contributed by atoms with Crippen LogP contribution in [-0.4, -0.2) is 0 Å². The highest BCUT2D eigenvalue weighted by atomic mass is 19.1. The molecule has 0 spiro atoms. The molecule has 0 amide bonds. The van der Waals surface area contributed by atoms with Crippen LogP contribution in [0.1, 0.15) is 62.8 Å². The Hall–Kier alpha value is -1.88. The molecule has 0 atom stereocenters. The van der Waals surface area contributed by atoms with Crippen LogP contribution in [0.15, 0.2) is 48.6 Å². The summed E-state index contributed by atoms with van der Waals surface area (Å²) in [4.78, 5) is 0. The highest BCUT2D eigenvalue weighted by molar-refractivity contribution is 5.21. The summed E-state index contributed by atoms with van der Waals surface area (Å²) in [6.07, 6.45) is 18.5. The van der Waals surface area contributed by atoms with E-state index in [2.05, 4.69) is 24.3 Å². The SMILES string of the molecule is N#CC=C[C@H]1CC[C@H](C=C[C@H]2CC[C@H](c3ccc(F)cc3)CC2)CC1. The van der Waals surface area contributed by atoms with E-state index < -0.39 is 0 Å². The van der Waals surface area contributed by atoms with Gasteiger partial charge in [0, 0.05) is 6.08 Å². The first-order valence-corrected chi connectivity index (χ1v) is 9.74. The maximum absolute atomic E-state index is 13.1. The van der Waals surface area contributed by atoms with Crippen molar-refractivity contribution in [2.45, 2.75) is 57.3 Å². The number of nitriles is 1. The summed E-state index contributed by atoms with van der Waals surface area (Å²) >= 11 is 0. The number of rotatable bonds is 4. The summed E-state index contributed by atoms with van der Waals surface area (Å²) in [6.45, 7) is 0. The summed E-state index contributed by atoms with van der Waals surface area (Å²) in [6, 6.07) is 9.18. The van der Waals surface area contributed by atoms with Gasteiger partial charge in [-0.1, -0.05) is 30.4 Å². The molecule has 1 aromatic carbocycles. The van der Waals surface area contributed by atoms with Gasteiger partial charge < -0.3 is 0 Å². The quantitative estimate of drug-likeness (QED) is 0.452. The molecule has 2 heteroatoms. The number of halogens is 1. The second-order valence-corrected chi connectivity index (χ2v) is 7.71. The van der Waals surface area contributed by atoms with Crippen molar-refractivity contribution in [1.82, 2.24) is 0 Å². The summed E-state index contributed by atoms with van der Waals surface area (Å²) < 4.78 is 13.1. The minimum absolute atomic E-state index is 0.141. The smallest absolute Gasteiger partial charge is 0.123 e. The van der Waals surface area contributed by atoms with Crippen molar-refractivity contribution in [1.29, 1.82) is 5.26 Å². The highest BCUT2D eigenvalue weighted by Crippen LogP contribution is 2.37. The van der Waals surface area contributed by atoms with Gasteiger partial charge in [0.15, 0.2) is 0 Å². The third-order valence-electron chi connectivity index (χ3n) is 6.03. The van der Waals surface area contributed by atoms with E-state index in [9.17, 15) is 4.39 Å². The number of hydrogen-bond acceptors (Lipinski definition) is 1. The monoisotopic (exact) mass is 337 g/mol. The zero-order valence-electron chi connectivity index (χ0n) is 14.9. The van der Waals surface area contributed by atoms with Crippen LogP contribution < -0.4 is 0 Å². The van der Waals surface area contributed by atoms with Gasteiger partial charge in [-0.05, 0) is 92.7 Å². The molecule has 0 saturated heterocycles. The van der Waals surface area contributed by atoms with Crippen LogP contribution in [0.5, 0.6) is 0 Å². The maximum Gasteiger partial charge on any atom is 0.123 e. The van der Waals surface area contributed by atoms with Gasteiger partial charge in [-0.3, -0.25) is 0 Å². The van der Waals surface area contributed by atoms with E-state index in [1.54, 1.807) is 18.2 Å². The Morgan fingerprint density at radius 2 is 1.24 bits per heavy atom. The Kier molecular flexibility index (Phi) is 6.45. The number of allylic oxidation sites excluding steroid dienone is 4. The number of nitrogens with zero attached hydrogens (tertiary/aromatic N) is 1. The van der Waals surface area contributed by atoms with Crippen molar-refractivity contribution in [2.24, 2.45) is 17.8 Å².